The molecular formula is C16H29N2O2P. The van der Waals surface area contributed by atoms with Crippen LogP contribution in [-0.4, -0.2) is 36.5 Å². The van der Waals surface area contributed by atoms with Gasteiger partial charge in [-0.05, 0) is 39.1 Å². The summed E-state index contributed by atoms with van der Waals surface area (Å²) < 4.78 is 23.1. The van der Waals surface area contributed by atoms with Gasteiger partial charge in [-0.3, -0.25) is 0 Å². The van der Waals surface area contributed by atoms with Crippen molar-refractivity contribution in [1.82, 2.24) is 9.34 Å². The van der Waals surface area contributed by atoms with Crippen LogP contribution in [0.25, 0.3) is 0 Å². The topological polar surface area (TPSA) is 32.8 Å². The Balaban J connectivity index is 2.89. The van der Waals surface area contributed by atoms with Crippen LogP contribution in [0.1, 0.15) is 39.5 Å². The molecule has 0 unspecified atom stereocenters. The summed E-state index contributed by atoms with van der Waals surface area (Å²) in [4.78, 5) is 0. The summed E-state index contributed by atoms with van der Waals surface area (Å²) in [5.41, 5.74) is 0. The average molecular weight is 312 g/mol. The van der Waals surface area contributed by atoms with Crippen molar-refractivity contribution in [1.29, 1.82) is 0 Å². The molecule has 0 amide bonds. The van der Waals surface area contributed by atoms with E-state index in [0.29, 0.717) is 5.75 Å². The SMILES string of the molecule is CCCCN(C)P(=O)(Oc1ccccc1)N(C)CCCC. The molecule has 4 nitrogen and oxygen atoms in total. The van der Waals surface area contributed by atoms with Gasteiger partial charge >= 0.3 is 7.67 Å². The first-order chi connectivity index (χ1) is 10.0. The van der Waals surface area contributed by atoms with Crippen LogP contribution < -0.4 is 4.52 Å². The Morgan fingerprint density at radius 3 is 1.86 bits per heavy atom. The third kappa shape index (κ3) is 5.46. The first-order valence-electron chi connectivity index (χ1n) is 7.82. The van der Waals surface area contributed by atoms with Crippen LogP contribution in [0.2, 0.25) is 0 Å². The molecule has 5 heteroatoms. The van der Waals surface area contributed by atoms with Gasteiger partial charge in [0.1, 0.15) is 5.75 Å². The minimum absolute atomic E-state index is 0.660. The Labute approximate surface area is 129 Å². The Morgan fingerprint density at radius 2 is 1.43 bits per heavy atom. The molecule has 0 atom stereocenters. The van der Waals surface area contributed by atoms with Gasteiger partial charge in [0.05, 0.1) is 0 Å². The maximum Gasteiger partial charge on any atom is 0.395 e. The highest BCUT2D eigenvalue weighted by atomic mass is 31.2. The van der Waals surface area contributed by atoms with Crippen molar-refractivity contribution in [2.45, 2.75) is 39.5 Å². The quantitative estimate of drug-likeness (QED) is 0.589. The van der Waals surface area contributed by atoms with Crippen molar-refractivity contribution in [3.63, 3.8) is 0 Å². The van der Waals surface area contributed by atoms with E-state index in [-0.39, 0.29) is 0 Å². The summed E-state index contributed by atoms with van der Waals surface area (Å²) in [6.07, 6.45) is 4.18. The molecule has 0 aliphatic heterocycles. The molecule has 0 saturated heterocycles. The summed E-state index contributed by atoms with van der Waals surface area (Å²) in [5.74, 6) is 0.660. The number of para-hydroxylation sites is 1. The lowest BCUT2D eigenvalue weighted by atomic mass is 10.3. The smallest absolute Gasteiger partial charge is 0.395 e. The van der Waals surface area contributed by atoms with E-state index in [2.05, 4.69) is 13.8 Å². The number of hydrogen-bond acceptors (Lipinski definition) is 2. The molecule has 1 aromatic carbocycles. The lowest BCUT2D eigenvalue weighted by molar-refractivity contribution is 0.309. The fraction of sp³-hybridized carbons (Fsp3) is 0.625. The van der Waals surface area contributed by atoms with Gasteiger partial charge < -0.3 is 4.52 Å². The Morgan fingerprint density at radius 1 is 0.952 bits per heavy atom. The van der Waals surface area contributed by atoms with Crippen LogP contribution in [-0.2, 0) is 4.57 Å². The number of unbranched alkanes of at least 4 members (excludes halogenated alkanes) is 2. The van der Waals surface area contributed by atoms with Gasteiger partial charge in [0.25, 0.3) is 0 Å². The highest BCUT2D eigenvalue weighted by Crippen LogP contribution is 2.52. The fourth-order valence-corrected chi connectivity index (χ4v) is 4.03. The highest BCUT2D eigenvalue weighted by molar-refractivity contribution is 7.54. The molecule has 0 fully saturated rings. The van der Waals surface area contributed by atoms with Crippen molar-refractivity contribution in [3.8, 4) is 5.75 Å². The van der Waals surface area contributed by atoms with Crippen molar-refractivity contribution < 1.29 is 9.09 Å². The second kappa shape index (κ2) is 9.24. The van der Waals surface area contributed by atoms with E-state index < -0.39 is 7.67 Å². The molecule has 0 N–H and O–H groups in total. The van der Waals surface area contributed by atoms with Crippen molar-refractivity contribution in [2.24, 2.45) is 0 Å². The fourth-order valence-electron chi connectivity index (χ4n) is 2.05. The Kier molecular flexibility index (Phi) is 8.02. The number of hydrogen-bond donors (Lipinski definition) is 0. The lowest BCUT2D eigenvalue weighted by Gasteiger charge is -2.34. The number of nitrogens with zero attached hydrogens (tertiary/aromatic N) is 2. The first kappa shape index (κ1) is 18.2. The molecule has 0 spiro atoms. The number of rotatable bonds is 10. The molecule has 1 rings (SSSR count). The summed E-state index contributed by atoms with van der Waals surface area (Å²) in [5, 5.41) is 0. The third-order valence-electron chi connectivity index (χ3n) is 3.50. The summed E-state index contributed by atoms with van der Waals surface area (Å²) in [7, 11) is 0.765. The van der Waals surface area contributed by atoms with E-state index in [0.717, 1.165) is 38.8 Å². The minimum Gasteiger partial charge on any atom is -0.422 e. The van der Waals surface area contributed by atoms with E-state index in [1.165, 1.54) is 0 Å². The predicted molar refractivity (Wildman–Crippen MR) is 89.8 cm³/mol. The van der Waals surface area contributed by atoms with E-state index in [9.17, 15) is 4.57 Å². The third-order valence-corrected chi connectivity index (χ3v) is 6.08. The Bertz CT molecular complexity index is 421. The standard InChI is InChI=1S/C16H29N2O2P/c1-5-7-14-17(3)21(19,18(4)15-8-6-2)20-16-12-10-9-11-13-16/h9-13H,5-8,14-15H2,1-4H3. The second-order valence-electron chi connectivity index (χ2n) is 5.36. The summed E-state index contributed by atoms with van der Waals surface area (Å²) in [6, 6.07) is 9.44. The molecule has 0 radical (unpaired) electrons. The Hall–Kier alpha value is -0.830. The maximum absolute atomic E-state index is 13.4. The molecule has 21 heavy (non-hydrogen) atoms. The van der Waals surface area contributed by atoms with Gasteiger partial charge in [-0.15, -0.1) is 0 Å². The van der Waals surface area contributed by atoms with Gasteiger partial charge in [0, 0.05) is 13.1 Å². The average Bonchev–Trinajstić information content (AvgIpc) is 2.50. The molecule has 120 valence electrons. The van der Waals surface area contributed by atoms with E-state index in [4.69, 9.17) is 4.52 Å². The zero-order valence-electron chi connectivity index (χ0n) is 13.8. The lowest BCUT2D eigenvalue weighted by Crippen LogP contribution is -2.31. The van der Waals surface area contributed by atoms with Crippen molar-refractivity contribution >= 4 is 7.67 Å². The predicted octanol–water partition coefficient (Wildman–Crippen LogP) is 4.64. The van der Waals surface area contributed by atoms with Gasteiger partial charge in [-0.1, -0.05) is 44.9 Å². The van der Waals surface area contributed by atoms with E-state index in [1.807, 2.05) is 53.8 Å². The van der Waals surface area contributed by atoms with Crippen molar-refractivity contribution in [2.75, 3.05) is 27.2 Å². The molecule has 1 aromatic rings. The number of benzene rings is 1. The van der Waals surface area contributed by atoms with Crippen LogP contribution in [0.5, 0.6) is 5.75 Å². The largest absolute Gasteiger partial charge is 0.422 e. The zero-order valence-corrected chi connectivity index (χ0v) is 14.7. The molecule has 0 aliphatic carbocycles. The van der Waals surface area contributed by atoms with Crippen LogP contribution >= 0.6 is 7.67 Å². The van der Waals surface area contributed by atoms with Gasteiger partial charge in [0.15, 0.2) is 0 Å². The zero-order chi connectivity index (χ0) is 15.7. The molecular weight excluding hydrogens is 283 g/mol. The first-order valence-corrected chi connectivity index (χ1v) is 9.35. The van der Waals surface area contributed by atoms with Crippen LogP contribution in [0.15, 0.2) is 30.3 Å². The van der Waals surface area contributed by atoms with Crippen LogP contribution in [0.4, 0.5) is 0 Å². The van der Waals surface area contributed by atoms with Crippen LogP contribution in [0, 0.1) is 0 Å². The molecule has 0 bridgehead atoms. The van der Waals surface area contributed by atoms with Gasteiger partial charge in [-0.2, -0.15) is 0 Å². The van der Waals surface area contributed by atoms with Crippen molar-refractivity contribution in [3.05, 3.63) is 30.3 Å². The second-order valence-corrected chi connectivity index (χ2v) is 7.89. The summed E-state index contributed by atoms with van der Waals surface area (Å²) >= 11 is 0. The van der Waals surface area contributed by atoms with E-state index in [1.54, 1.807) is 0 Å². The van der Waals surface area contributed by atoms with Gasteiger partial charge in [0.2, 0.25) is 0 Å². The molecule has 0 heterocycles. The van der Waals surface area contributed by atoms with E-state index >= 15 is 0 Å². The normalized spacial score (nSPS) is 12.1. The molecule has 0 saturated carbocycles. The minimum atomic E-state index is -3.02. The molecule has 0 aromatic heterocycles. The molecule has 0 aliphatic rings. The monoisotopic (exact) mass is 312 g/mol. The maximum atomic E-state index is 13.4. The van der Waals surface area contributed by atoms with Gasteiger partial charge in [-0.25, -0.2) is 13.9 Å². The van der Waals surface area contributed by atoms with Crippen LogP contribution in [0.3, 0.4) is 0 Å². The highest BCUT2D eigenvalue weighted by Gasteiger charge is 2.35. The summed E-state index contributed by atoms with van der Waals surface area (Å²) in [6.45, 7) is 5.82.